The van der Waals surface area contributed by atoms with Gasteiger partial charge in [-0.3, -0.25) is 18.8 Å². The molecule has 7 nitrogen and oxygen atoms in total. The lowest BCUT2D eigenvalue weighted by molar-refractivity contribution is -0.121. The van der Waals surface area contributed by atoms with Gasteiger partial charge < -0.3 is 5.32 Å². The first-order valence-electron chi connectivity index (χ1n) is 6.42. The van der Waals surface area contributed by atoms with E-state index in [0.717, 1.165) is 8.66 Å². The Bertz CT molecular complexity index is 897. The number of halogens is 1. The van der Waals surface area contributed by atoms with E-state index in [1.807, 2.05) is 12.1 Å². The molecule has 0 atom stereocenters. The van der Waals surface area contributed by atoms with Gasteiger partial charge in [0.2, 0.25) is 5.91 Å². The molecule has 9 heteroatoms. The summed E-state index contributed by atoms with van der Waals surface area (Å²) in [5.74, 6) is -0.239. The summed E-state index contributed by atoms with van der Waals surface area (Å²) in [5, 5.41) is 7.18. The second-order valence-electron chi connectivity index (χ2n) is 4.67. The average Bonchev–Trinajstić information content (AvgIpc) is 3.07. The average molecular weight is 382 g/mol. The van der Waals surface area contributed by atoms with Crippen LogP contribution in [-0.4, -0.2) is 25.2 Å². The largest absolute Gasteiger partial charge is 0.350 e. The number of carbonyl (C=O) groups is 1. The molecule has 0 aliphatic heterocycles. The number of aryl methyl sites for hydroxylation is 1. The molecule has 0 aliphatic rings. The molecule has 0 radical (unpaired) electrons. The van der Waals surface area contributed by atoms with Gasteiger partial charge in [-0.2, -0.15) is 5.10 Å². The number of nitrogens with one attached hydrogen (secondary N) is 1. The summed E-state index contributed by atoms with van der Waals surface area (Å²) in [6, 6.07) is 3.86. The van der Waals surface area contributed by atoms with Gasteiger partial charge in [0.1, 0.15) is 18.3 Å². The van der Waals surface area contributed by atoms with Crippen LogP contribution >= 0.6 is 27.3 Å². The highest BCUT2D eigenvalue weighted by Crippen LogP contribution is 2.21. The van der Waals surface area contributed by atoms with Crippen molar-refractivity contribution in [3.05, 3.63) is 43.7 Å². The predicted molar refractivity (Wildman–Crippen MR) is 86.6 cm³/mol. The van der Waals surface area contributed by atoms with Crippen molar-refractivity contribution in [2.45, 2.75) is 13.1 Å². The minimum atomic E-state index is -0.271. The van der Waals surface area contributed by atoms with E-state index in [9.17, 15) is 9.59 Å². The van der Waals surface area contributed by atoms with Gasteiger partial charge in [0.25, 0.3) is 5.56 Å². The molecule has 3 rings (SSSR count). The Morgan fingerprint density at radius 1 is 1.45 bits per heavy atom. The SMILES string of the molecule is Cn1ncc2c(=O)n(CC(=O)NCc3ccc(Br)s3)cnc21. The molecule has 1 N–H and O–H groups in total. The smallest absolute Gasteiger partial charge is 0.264 e. The molecule has 22 heavy (non-hydrogen) atoms. The fraction of sp³-hybridized carbons (Fsp3) is 0.231. The van der Waals surface area contributed by atoms with Crippen LogP contribution in [0.15, 0.2) is 33.2 Å². The zero-order valence-corrected chi connectivity index (χ0v) is 14.0. The van der Waals surface area contributed by atoms with E-state index in [2.05, 4.69) is 31.3 Å². The maximum absolute atomic E-state index is 12.2. The molecular formula is C13H12BrN5O2S. The Balaban J connectivity index is 1.71. The van der Waals surface area contributed by atoms with E-state index in [-0.39, 0.29) is 18.0 Å². The van der Waals surface area contributed by atoms with Gasteiger partial charge in [0, 0.05) is 11.9 Å². The summed E-state index contributed by atoms with van der Waals surface area (Å²) in [7, 11) is 1.71. The van der Waals surface area contributed by atoms with Gasteiger partial charge in [-0.05, 0) is 28.1 Å². The van der Waals surface area contributed by atoms with Gasteiger partial charge in [0.05, 0.1) is 16.5 Å². The van der Waals surface area contributed by atoms with E-state index in [1.165, 1.54) is 21.8 Å². The van der Waals surface area contributed by atoms with Crippen molar-refractivity contribution in [2.24, 2.45) is 7.05 Å². The summed E-state index contributed by atoms with van der Waals surface area (Å²) in [6.07, 6.45) is 2.83. The predicted octanol–water partition coefficient (Wildman–Crippen LogP) is 1.27. The number of carbonyl (C=O) groups excluding carboxylic acids is 1. The molecule has 3 aromatic rings. The first-order valence-corrected chi connectivity index (χ1v) is 8.03. The number of hydrogen-bond acceptors (Lipinski definition) is 5. The number of fused-ring (bicyclic) bond motifs is 1. The number of hydrogen-bond donors (Lipinski definition) is 1. The number of thiophene rings is 1. The summed E-state index contributed by atoms with van der Waals surface area (Å²) in [6.45, 7) is 0.371. The van der Waals surface area contributed by atoms with Crippen molar-refractivity contribution in [1.82, 2.24) is 24.6 Å². The normalized spacial score (nSPS) is 11.0. The number of aromatic nitrogens is 4. The maximum Gasteiger partial charge on any atom is 0.264 e. The van der Waals surface area contributed by atoms with Gasteiger partial charge in [-0.25, -0.2) is 4.98 Å². The number of rotatable bonds is 4. The van der Waals surface area contributed by atoms with Gasteiger partial charge in [-0.1, -0.05) is 0 Å². The lowest BCUT2D eigenvalue weighted by Crippen LogP contribution is -2.32. The summed E-state index contributed by atoms with van der Waals surface area (Å²) in [5.41, 5.74) is 0.234. The second kappa shape index (κ2) is 6.01. The van der Waals surface area contributed by atoms with Crippen LogP contribution in [0, 0.1) is 0 Å². The van der Waals surface area contributed by atoms with Crippen molar-refractivity contribution in [1.29, 1.82) is 0 Å². The second-order valence-corrected chi connectivity index (χ2v) is 7.21. The van der Waals surface area contributed by atoms with Gasteiger partial charge in [-0.15, -0.1) is 11.3 Å². The minimum absolute atomic E-state index is 0.0663. The molecule has 3 heterocycles. The zero-order valence-electron chi connectivity index (χ0n) is 11.6. The monoisotopic (exact) mass is 381 g/mol. The molecule has 0 spiro atoms. The third-order valence-electron chi connectivity index (χ3n) is 3.12. The van der Waals surface area contributed by atoms with Crippen molar-refractivity contribution < 1.29 is 4.79 Å². The maximum atomic E-state index is 12.2. The van der Waals surface area contributed by atoms with Crippen LogP contribution in [0.25, 0.3) is 11.0 Å². The van der Waals surface area contributed by atoms with Crippen LogP contribution in [0.1, 0.15) is 4.88 Å². The lowest BCUT2D eigenvalue weighted by Gasteiger charge is -2.06. The third kappa shape index (κ3) is 2.95. The molecule has 0 aromatic carbocycles. The van der Waals surface area contributed by atoms with Gasteiger partial charge in [0.15, 0.2) is 5.65 Å². The molecule has 0 bridgehead atoms. The third-order valence-corrected chi connectivity index (χ3v) is 4.74. The highest BCUT2D eigenvalue weighted by molar-refractivity contribution is 9.11. The fourth-order valence-corrected chi connectivity index (χ4v) is 3.45. The standard InChI is InChI=1S/C13H12BrN5O2S/c1-18-12-9(5-17-18)13(21)19(7-16-12)6-11(20)15-4-8-2-3-10(14)22-8/h2-3,5,7H,4,6H2,1H3,(H,15,20). The summed E-state index contributed by atoms with van der Waals surface area (Å²) < 4.78 is 3.82. The first kappa shape index (κ1) is 14.9. The number of amides is 1. The summed E-state index contributed by atoms with van der Waals surface area (Å²) in [4.78, 5) is 29.4. The quantitative estimate of drug-likeness (QED) is 0.737. The first-order chi connectivity index (χ1) is 10.5. The highest BCUT2D eigenvalue weighted by Gasteiger charge is 2.10. The minimum Gasteiger partial charge on any atom is -0.350 e. The molecule has 114 valence electrons. The summed E-state index contributed by atoms with van der Waals surface area (Å²) >= 11 is 4.93. The van der Waals surface area contributed by atoms with Crippen LogP contribution in [0.3, 0.4) is 0 Å². The number of nitrogens with zero attached hydrogens (tertiary/aromatic N) is 4. The molecule has 0 saturated heterocycles. The Labute approximate surface area is 137 Å². The molecule has 0 unspecified atom stereocenters. The van der Waals surface area contributed by atoms with Crippen LogP contribution in [0.5, 0.6) is 0 Å². The van der Waals surface area contributed by atoms with Crippen LogP contribution in [0.2, 0.25) is 0 Å². The topological polar surface area (TPSA) is 81.8 Å². The van der Waals surface area contributed by atoms with E-state index < -0.39 is 0 Å². The van der Waals surface area contributed by atoms with Crippen molar-refractivity contribution in [3.8, 4) is 0 Å². The van der Waals surface area contributed by atoms with Crippen molar-refractivity contribution in [2.75, 3.05) is 0 Å². The fourth-order valence-electron chi connectivity index (χ4n) is 2.02. The van der Waals surface area contributed by atoms with Crippen LogP contribution in [0.4, 0.5) is 0 Å². The van der Waals surface area contributed by atoms with Gasteiger partial charge >= 0.3 is 0 Å². The highest BCUT2D eigenvalue weighted by atomic mass is 79.9. The van der Waals surface area contributed by atoms with E-state index in [0.29, 0.717) is 17.6 Å². The lowest BCUT2D eigenvalue weighted by atomic mass is 10.4. The molecule has 0 aliphatic carbocycles. The molecule has 3 aromatic heterocycles. The molecule has 0 saturated carbocycles. The Morgan fingerprint density at radius 2 is 2.27 bits per heavy atom. The van der Waals surface area contributed by atoms with Crippen molar-refractivity contribution in [3.63, 3.8) is 0 Å². The zero-order chi connectivity index (χ0) is 15.7. The van der Waals surface area contributed by atoms with Crippen molar-refractivity contribution >= 4 is 44.2 Å². The molecule has 0 fully saturated rings. The Morgan fingerprint density at radius 3 is 3.00 bits per heavy atom. The van der Waals surface area contributed by atoms with E-state index in [4.69, 9.17) is 0 Å². The molecular weight excluding hydrogens is 370 g/mol. The Kier molecular flexibility index (Phi) is 4.08. The van der Waals surface area contributed by atoms with Crippen LogP contribution < -0.4 is 10.9 Å². The van der Waals surface area contributed by atoms with E-state index in [1.54, 1.807) is 18.4 Å². The van der Waals surface area contributed by atoms with E-state index >= 15 is 0 Å². The van der Waals surface area contributed by atoms with Crippen LogP contribution in [-0.2, 0) is 24.9 Å². The molecule has 1 amide bonds. The Hall–Kier alpha value is -2.00.